The van der Waals surface area contributed by atoms with Crippen LogP contribution in [-0.2, 0) is 14.3 Å². The highest BCUT2D eigenvalue weighted by atomic mass is 16.5. The lowest BCUT2D eigenvalue weighted by molar-refractivity contribution is -0.120. The first kappa shape index (κ1) is 19.8. The Hall–Kier alpha value is -2.93. The summed E-state index contributed by atoms with van der Waals surface area (Å²) in [5.41, 5.74) is 2.31. The van der Waals surface area contributed by atoms with Crippen LogP contribution in [0.3, 0.4) is 0 Å². The molecule has 0 radical (unpaired) electrons. The lowest BCUT2D eigenvalue weighted by Crippen LogP contribution is -2.41. The van der Waals surface area contributed by atoms with Crippen molar-refractivity contribution in [1.82, 2.24) is 4.98 Å². The average molecular weight is 382 g/mol. The molecule has 2 heterocycles. The fourth-order valence-electron chi connectivity index (χ4n) is 3.38. The van der Waals surface area contributed by atoms with Crippen molar-refractivity contribution in [1.29, 1.82) is 0 Å². The maximum absolute atomic E-state index is 12.8. The van der Waals surface area contributed by atoms with E-state index in [1.165, 1.54) is 7.11 Å². The number of methoxy groups -OCH3 is 1. The van der Waals surface area contributed by atoms with Crippen molar-refractivity contribution < 1.29 is 14.3 Å². The molecule has 2 aromatic rings. The Morgan fingerprint density at radius 1 is 1.25 bits per heavy atom. The van der Waals surface area contributed by atoms with E-state index < -0.39 is 0 Å². The van der Waals surface area contributed by atoms with Crippen LogP contribution in [0.2, 0.25) is 0 Å². The van der Waals surface area contributed by atoms with Gasteiger partial charge in [0.1, 0.15) is 12.4 Å². The van der Waals surface area contributed by atoms with Crippen LogP contribution in [0, 0.1) is 12.8 Å². The number of anilines is 3. The monoisotopic (exact) mass is 382 g/mol. The minimum atomic E-state index is -0.209. The second-order valence-electron chi connectivity index (χ2n) is 6.97. The number of carbonyl (C=O) groups excluding carboxylic acids is 2. The molecule has 1 fully saturated rings. The van der Waals surface area contributed by atoms with Crippen LogP contribution in [0.5, 0.6) is 0 Å². The zero-order valence-electron chi connectivity index (χ0n) is 16.3. The number of carbonyl (C=O) groups is 2. The number of pyridine rings is 1. The minimum Gasteiger partial charge on any atom is -0.375 e. The summed E-state index contributed by atoms with van der Waals surface area (Å²) >= 11 is 0. The van der Waals surface area contributed by atoms with Gasteiger partial charge in [0.05, 0.1) is 5.92 Å². The largest absolute Gasteiger partial charge is 0.375 e. The molecule has 28 heavy (non-hydrogen) atoms. The molecule has 0 bridgehead atoms. The summed E-state index contributed by atoms with van der Waals surface area (Å²) in [5, 5.41) is 5.80. The number of aryl methyl sites for hydroxylation is 1. The number of rotatable bonds is 6. The zero-order valence-corrected chi connectivity index (χ0v) is 16.3. The maximum Gasteiger partial charge on any atom is 0.250 e. The van der Waals surface area contributed by atoms with E-state index in [9.17, 15) is 9.59 Å². The summed E-state index contributed by atoms with van der Waals surface area (Å²) in [5.74, 6) is 0.625. The van der Waals surface area contributed by atoms with Crippen LogP contribution >= 0.6 is 0 Å². The van der Waals surface area contributed by atoms with E-state index in [0.29, 0.717) is 12.2 Å². The summed E-state index contributed by atoms with van der Waals surface area (Å²) in [6.45, 7) is 3.47. The highest BCUT2D eigenvalue weighted by Crippen LogP contribution is 2.24. The fraction of sp³-hybridized carbons (Fsp3) is 0.381. The molecule has 7 nitrogen and oxygen atoms in total. The molecule has 1 atom stereocenters. The number of nitrogens with zero attached hydrogens (tertiary/aromatic N) is 2. The van der Waals surface area contributed by atoms with Gasteiger partial charge in [-0.3, -0.25) is 9.59 Å². The molecule has 2 N–H and O–H groups in total. The van der Waals surface area contributed by atoms with Crippen LogP contribution in [0.1, 0.15) is 18.4 Å². The quantitative estimate of drug-likeness (QED) is 0.803. The first-order valence-corrected chi connectivity index (χ1v) is 9.43. The summed E-state index contributed by atoms with van der Waals surface area (Å²) in [7, 11) is 1.48. The van der Waals surface area contributed by atoms with Gasteiger partial charge in [-0.25, -0.2) is 4.98 Å². The number of hydrogen-bond acceptors (Lipinski definition) is 5. The van der Waals surface area contributed by atoms with Crippen molar-refractivity contribution in [2.75, 3.05) is 42.3 Å². The van der Waals surface area contributed by atoms with Crippen molar-refractivity contribution >= 4 is 29.0 Å². The third kappa shape index (κ3) is 5.07. The van der Waals surface area contributed by atoms with E-state index in [2.05, 4.69) is 20.5 Å². The molecule has 7 heteroatoms. The zero-order chi connectivity index (χ0) is 19.9. The number of piperidine rings is 1. The van der Waals surface area contributed by atoms with E-state index in [0.717, 1.165) is 36.5 Å². The normalized spacial score (nSPS) is 16.5. The van der Waals surface area contributed by atoms with Crippen molar-refractivity contribution in [2.24, 2.45) is 5.92 Å². The van der Waals surface area contributed by atoms with Crippen LogP contribution in [0.4, 0.5) is 17.2 Å². The molecule has 1 saturated heterocycles. The molecular formula is C21H26N4O3. The lowest BCUT2D eigenvalue weighted by atomic mass is 9.97. The van der Waals surface area contributed by atoms with E-state index in [1.807, 2.05) is 31.2 Å². The van der Waals surface area contributed by atoms with Gasteiger partial charge in [0.15, 0.2) is 0 Å². The molecule has 2 amide bonds. The van der Waals surface area contributed by atoms with Gasteiger partial charge in [-0.1, -0.05) is 6.07 Å². The highest BCUT2D eigenvalue weighted by Gasteiger charge is 2.26. The molecule has 1 aromatic heterocycles. The molecular weight excluding hydrogens is 356 g/mol. The van der Waals surface area contributed by atoms with Crippen molar-refractivity contribution in [3.8, 4) is 0 Å². The number of benzene rings is 1. The molecule has 0 spiro atoms. The van der Waals surface area contributed by atoms with E-state index in [-0.39, 0.29) is 24.3 Å². The van der Waals surface area contributed by atoms with E-state index in [4.69, 9.17) is 4.74 Å². The predicted molar refractivity (Wildman–Crippen MR) is 109 cm³/mol. The lowest BCUT2D eigenvalue weighted by Gasteiger charge is -2.32. The number of nitrogens with one attached hydrogen (secondary N) is 2. The van der Waals surface area contributed by atoms with E-state index in [1.54, 1.807) is 18.3 Å². The topological polar surface area (TPSA) is 83.6 Å². The van der Waals surface area contributed by atoms with E-state index >= 15 is 0 Å². The van der Waals surface area contributed by atoms with Gasteiger partial charge >= 0.3 is 0 Å². The standard InChI is InChI=1S/C21H26N4O3/c1-15-12-17(8-9-18(15)24-20(26)14-28-2)23-21(27)16-6-5-11-25(13-16)19-7-3-4-10-22-19/h3-4,7-10,12,16H,5-6,11,13-14H2,1-2H3,(H,23,27)(H,24,26). The Labute approximate surface area is 165 Å². The van der Waals surface area contributed by atoms with Gasteiger partial charge in [-0.2, -0.15) is 0 Å². The summed E-state index contributed by atoms with van der Waals surface area (Å²) in [4.78, 5) is 31.0. The number of aromatic nitrogens is 1. The van der Waals surface area contributed by atoms with Crippen LogP contribution in [0.25, 0.3) is 0 Å². The van der Waals surface area contributed by atoms with Gasteiger partial charge in [-0.15, -0.1) is 0 Å². The Morgan fingerprint density at radius 2 is 2.11 bits per heavy atom. The summed E-state index contributed by atoms with van der Waals surface area (Å²) in [6, 6.07) is 11.3. The molecule has 0 aliphatic carbocycles. The van der Waals surface area contributed by atoms with Gasteiger partial charge in [0, 0.05) is 37.8 Å². The second-order valence-corrected chi connectivity index (χ2v) is 6.97. The SMILES string of the molecule is COCC(=O)Nc1ccc(NC(=O)C2CCCN(c3ccccn3)C2)cc1C. The molecule has 1 aliphatic heterocycles. The van der Waals surface area contributed by atoms with Crippen molar-refractivity contribution in [3.05, 3.63) is 48.2 Å². The van der Waals surface area contributed by atoms with Crippen LogP contribution in [-0.4, -0.2) is 43.6 Å². The van der Waals surface area contributed by atoms with Crippen LogP contribution in [0.15, 0.2) is 42.6 Å². The smallest absolute Gasteiger partial charge is 0.250 e. The Balaban J connectivity index is 1.61. The van der Waals surface area contributed by atoms with Crippen LogP contribution < -0.4 is 15.5 Å². The summed E-state index contributed by atoms with van der Waals surface area (Å²) in [6.07, 6.45) is 3.59. The Kier molecular flexibility index (Phi) is 6.60. The first-order chi connectivity index (χ1) is 13.6. The Morgan fingerprint density at radius 3 is 2.82 bits per heavy atom. The third-order valence-corrected chi connectivity index (χ3v) is 4.81. The number of ether oxygens (including phenoxy) is 1. The molecule has 148 valence electrons. The van der Waals surface area contributed by atoms with Crippen molar-refractivity contribution in [2.45, 2.75) is 19.8 Å². The number of hydrogen-bond donors (Lipinski definition) is 2. The molecule has 3 rings (SSSR count). The van der Waals surface area contributed by atoms with Gasteiger partial charge in [-0.05, 0) is 55.7 Å². The molecule has 1 aromatic carbocycles. The average Bonchev–Trinajstić information content (AvgIpc) is 2.71. The van der Waals surface area contributed by atoms with Gasteiger partial charge < -0.3 is 20.3 Å². The fourth-order valence-corrected chi connectivity index (χ4v) is 3.38. The second kappa shape index (κ2) is 9.32. The molecule has 1 unspecified atom stereocenters. The minimum absolute atomic E-state index is 0.00633. The van der Waals surface area contributed by atoms with Gasteiger partial charge in [0.25, 0.3) is 0 Å². The van der Waals surface area contributed by atoms with Crippen molar-refractivity contribution in [3.63, 3.8) is 0 Å². The first-order valence-electron chi connectivity index (χ1n) is 9.43. The number of amides is 2. The Bertz CT molecular complexity index is 826. The third-order valence-electron chi connectivity index (χ3n) is 4.81. The molecule has 1 aliphatic rings. The maximum atomic E-state index is 12.8. The summed E-state index contributed by atoms with van der Waals surface area (Å²) < 4.78 is 4.82. The van der Waals surface area contributed by atoms with Gasteiger partial charge in [0.2, 0.25) is 11.8 Å². The highest BCUT2D eigenvalue weighted by molar-refractivity contribution is 5.95. The predicted octanol–water partition coefficient (Wildman–Crippen LogP) is 2.83. The molecule has 0 saturated carbocycles.